The number of nitrogens with two attached hydrogens (primary N) is 1. The van der Waals surface area contributed by atoms with Crippen LogP contribution in [0.5, 0.6) is 0 Å². The van der Waals surface area contributed by atoms with Crippen molar-refractivity contribution in [3.05, 3.63) is 44.9 Å². The molecular formula is C11H7BrCl2FN3O2S. The molecule has 0 saturated carbocycles. The van der Waals surface area contributed by atoms with E-state index >= 15 is 0 Å². The Morgan fingerprint density at radius 2 is 2.00 bits per heavy atom. The van der Waals surface area contributed by atoms with Crippen LogP contribution < -0.4 is 10.5 Å². The molecule has 0 atom stereocenters. The molecule has 0 saturated heterocycles. The fourth-order valence-corrected chi connectivity index (χ4v) is 3.40. The third-order valence-electron chi connectivity index (χ3n) is 2.46. The number of aromatic nitrogens is 1. The largest absolute Gasteiger partial charge is 0.395 e. The van der Waals surface area contributed by atoms with E-state index in [0.717, 1.165) is 6.07 Å². The van der Waals surface area contributed by atoms with Crippen LogP contribution in [0.1, 0.15) is 0 Å². The number of sulfonamides is 1. The first-order valence-electron chi connectivity index (χ1n) is 5.29. The summed E-state index contributed by atoms with van der Waals surface area (Å²) in [6.45, 7) is 0. The minimum Gasteiger partial charge on any atom is -0.395 e. The molecule has 10 heteroatoms. The highest BCUT2D eigenvalue weighted by Gasteiger charge is 2.25. The lowest BCUT2D eigenvalue weighted by molar-refractivity contribution is 0.572. The second kappa shape index (κ2) is 5.96. The van der Waals surface area contributed by atoms with Gasteiger partial charge in [-0.3, -0.25) is 9.71 Å². The third kappa shape index (κ3) is 3.23. The van der Waals surface area contributed by atoms with Crippen molar-refractivity contribution in [1.29, 1.82) is 0 Å². The van der Waals surface area contributed by atoms with Gasteiger partial charge >= 0.3 is 0 Å². The molecule has 0 unspecified atom stereocenters. The van der Waals surface area contributed by atoms with Gasteiger partial charge < -0.3 is 5.73 Å². The minimum absolute atomic E-state index is 0.0104. The quantitative estimate of drug-likeness (QED) is 0.592. The molecule has 0 spiro atoms. The van der Waals surface area contributed by atoms with E-state index in [1.54, 1.807) is 0 Å². The number of pyridine rings is 1. The van der Waals surface area contributed by atoms with Gasteiger partial charge in [-0.2, -0.15) is 0 Å². The Labute approximate surface area is 138 Å². The van der Waals surface area contributed by atoms with Gasteiger partial charge in [0.25, 0.3) is 10.0 Å². The van der Waals surface area contributed by atoms with Crippen molar-refractivity contribution >= 4 is 60.5 Å². The van der Waals surface area contributed by atoms with E-state index in [1.165, 1.54) is 18.5 Å². The zero-order valence-corrected chi connectivity index (χ0v) is 14.0. The standard InChI is InChI=1S/C11H7BrCl2FN3O2S/c12-9-6(14)3-8(10(15)11(9)16)21(19,20)18-7-4-17-2-1-5(7)13/h1-4,18H,16H2. The molecule has 3 N–H and O–H groups in total. The topological polar surface area (TPSA) is 85.1 Å². The summed E-state index contributed by atoms with van der Waals surface area (Å²) >= 11 is 14.6. The molecule has 0 amide bonds. The van der Waals surface area contributed by atoms with E-state index < -0.39 is 26.4 Å². The van der Waals surface area contributed by atoms with Crippen LogP contribution in [-0.2, 0) is 10.0 Å². The third-order valence-corrected chi connectivity index (χ3v) is 5.53. The molecule has 0 aliphatic carbocycles. The van der Waals surface area contributed by atoms with Crippen LogP contribution in [-0.4, -0.2) is 13.4 Å². The van der Waals surface area contributed by atoms with E-state index in [4.69, 9.17) is 28.9 Å². The van der Waals surface area contributed by atoms with E-state index in [1.807, 2.05) is 0 Å². The van der Waals surface area contributed by atoms with Crippen LogP contribution in [0, 0.1) is 5.82 Å². The highest BCUT2D eigenvalue weighted by atomic mass is 79.9. The number of hydrogen-bond donors (Lipinski definition) is 2. The second-order valence-electron chi connectivity index (χ2n) is 3.86. The first-order chi connectivity index (χ1) is 9.74. The van der Waals surface area contributed by atoms with Crippen LogP contribution in [0.4, 0.5) is 15.8 Å². The van der Waals surface area contributed by atoms with Crippen molar-refractivity contribution in [2.75, 3.05) is 10.5 Å². The van der Waals surface area contributed by atoms with Gasteiger partial charge in [0.15, 0.2) is 5.82 Å². The summed E-state index contributed by atoms with van der Waals surface area (Å²) in [4.78, 5) is 3.04. The fraction of sp³-hybridized carbons (Fsp3) is 0. The van der Waals surface area contributed by atoms with Gasteiger partial charge in [0, 0.05) is 6.20 Å². The summed E-state index contributed by atoms with van der Waals surface area (Å²) in [5.74, 6) is -1.11. The number of anilines is 2. The Kier molecular flexibility index (Phi) is 4.62. The van der Waals surface area contributed by atoms with E-state index in [9.17, 15) is 12.8 Å². The number of nitrogens with zero attached hydrogens (tertiary/aromatic N) is 1. The fourth-order valence-electron chi connectivity index (χ4n) is 1.45. The van der Waals surface area contributed by atoms with Gasteiger partial charge in [-0.15, -0.1) is 0 Å². The molecule has 112 valence electrons. The van der Waals surface area contributed by atoms with E-state index in [2.05, 4.69) is 25.6 Å². The van der Waals surface area contributed by atoms with Crippen molar-refractivity contribution in [3.63, 3.8) is 0 Å². The molecule has 1 aromatic carbocycles. The molecular weight excluding hydrogens is 408 g/mol. The van der Waals surface area contributed by atoms with E-state index in [0.29, 0.717) is 0 Å². The molecule has 2 rings (SSSR count). The number of benzene rings is 1. The Bertz CT molecular complexity index is 817. The SMILES string of the molecule is Nc1c(F)c(S(=O)(=O)Nc2cnccc2Cl)cc(Cl)c1Br. The minimum atomic E-state index is -4.26. The summed E-state index contributed by atoms with van der Waals surface area (Å²) in [5.41, 5.74) is 5.07. The Morgan fingerprint density at radius 1 is 1.33 bits per heavy atom. The molecule has 1 heterocycles. The predicted molar refractivity (Wildman–Crippen MR) is 83.6 cm³/mol. The Hall–Kier alpha value is -1.09. The second-order valence-corrected chi connectivity index (χ2v) is 7.12. The first kappa shape index (κ1) is 16.3. The average Bonchev–Trinajstić information content (AvgIpc) is 2.42. The lowest BCUT2D eigenvalue weighted by Gasteiger charge is -2.12. The zero-order chi connectivity index (χ0) is 15.8. The monoisotopic (exact) mass is 413 g/mol. The normalized spacial score (nSPS) is 11.4. The molecule has 21 heavy (non-hydrogen) atoms. The summed E-state index contributed by atoms with van der Waals surface area (Å²) < 4.78 is 40.7. The Balaban J connectivity index is 2.53. The molecule has 0 radical (unpaired) electrons. The molecule has 0 aliphatic rings. The number of halogens is 4. The van der Waals surface area contributed by atoms with Crippen molar-refractivity contribution in [1.82, 2.24) is 4.98 Å². The number of nitrogen functional groups attached to an aromatic ring is 1. The maximum Gasteiger partial charge on any atom is 0.265 e. The van der Waals surface area contributed by atoms with Gasteiger partial charge in [-0.1, -0.05) is 23.2 Å². The lowest BCUT2D eigenvalue weighted by Crippen LogP contribution is -2.16. The smallest absolute Gasteiger partial charge is 0.265 e. The van der Waals surface area contributed by atoms with Crippen molar-refractivity contribution in [3.8, 4) is 0 Å². The summed E-state index contributed by atoms with van der Waals surface area (Å²) in [6.07, 6.45) is 2.58. The number of hydrogen-bond acceptors (Lipinski definition) is 4. The van der Waals surface area contributed by atoms with Gasteiger partial charge in [-0.05, 0) is 28.1 Å². The number of nitrogens with one attached hydrogen (secondary N) is 1. The van der Waals surface area contributed by atoms with Gasteiger partial charge in [0.1, 0.15) is 4.90 Å². The molecule has 0 fully saturated rings. The van der Waals surface area contributed by atoms with Crippen LogP contribution in [0.15, 0.2) is 33.9 Å². The number of rotatable bonds is 3. The van der Waals surface area contributed by atoms with Crippen LogP contribution in [0.2, 0.25) is 10.0 Å². The maximum absolute atomic E-state index is 14.1. The first-order valence-corrected chi connectivity index (χ1v) is 8.32. The van der Waals surface area contributed by atoms with Crippen molar-refractivity contribution in [2.24, 2.45) is 0 Å². The van der Waals surface area contributed by atoms with Crippen LogP contribution in [0.25, 0.3) is 0 Å². The maximum atomic E-state index is 14.1. The molecule has 1 aromatic heterocycles. The van der Waals surface area contributed by atoms with Gasteiger partial charge in [0.05, 0.1) is 32.1 Å². The molecule has 0 bridgehead atoms. The molecule has 5 nitrogen and oxygen atoms in total. The summed E-state index contributed by atoms with van der Waals surface area (Å²) in [7, 11) is -4.26. The predicted octanol–water partition coefficient (Wildman–Crippen LogP) is 3.67. The van der Waals surface area contributed by atoms with Crippen LogP contribution in [0.3, 0.4) is 0 Å². The van der Waals surface area contributed by atoms with Gasteiger partial charge in [0.2, 0.25) is 0 Å². The van der Waals surface area contributed by atoms with E-state index in [-0.39, 0.29) is 20.2 Å². The highest BCUT2D eigenvalue weighted by molar-refractivity contribution is 9.10. The summed E-state index contributed by atoms with van der Waals surface area (Å²) in [5, 5.41) is 0.0803. The Morgan fingerprint density at radius 3 is 2.62 bits per heavy atom. The zero-order valence-electron chi connectivity index (χ0n) is 10.1. The molecule has 0 aliphatic heterocycles. The highest BCUT2D eigenvalue weighted by Crippen LogP contribution is 2.35. The van der Waals surface area contributed by atoms with Crippen molar-refractivity contribution in [2.45, 2.75) is 4.90 Å². The molecule has 2 aromatic rings. The lowest BCUT2D eigenvalue weighted by atomic mass is 10.3. The van der Waals surface area contributed by atoms with Crippen LogP contribution >= 0.6 is 39.1 Å². The average molecular weight is 415 g/mol. The summed E-state index contributed by atoms with van der Waals surface area (Å²) in [6, 6.07) is 2.34. The van der Waals surface area contributed by atoms with Gasteiger partial charge in [-0.25, -0.2) is 12.8 Å². The van der Waals surface area contributed by atoms with Crippen molar-refractivity contribution < 1.29 is 12.8 Å².